The van der Waals surface area contributed by atoms with Gasteiger partial charge in [-0.1, -0.05) is 6.58 Å². The van der Waals surface area contributed by atoms with Gasteiger partial charge in [0.15, 0.2) is 0 Å². The van der Waals surface area contributed by atoms with E-state index in [1.165, 1.54) is 0 Å². The minimum atomic E-state index is -0.0894. The highest BCUT2D eigenvalue weighted by Gasteiger charge is 1.97. The van der Waals surface area contributed by atoms with E-state index in [0.717, 1.165) is 6.42 Å². The number of hydrogen-bond donors (Lipinski definition) is 2. The Morgan fingerprint density at radius 3 is 2.14 bits per heavy atom. The molecule has 0 atom stereocenters. The first-order valence-electron chi connectivity index (χ1n) is 4.66. The van der Waals surface area contributed by atoms with Crippen molar-refractivity contribution in [1.82, 2.24) is 10.2 Å². The van der Waals surface area contributed by atoms with E-state index in [9.17, 15) is 4.79 Å². The van der Waals surface area contributed by atoms with Crippen molar-refractivity contribution in [3.05, 3.63) is 12.2 Å². The summed E-state index contributed by atoms with van der Waals surface area (Å²) in [5.41, 5.74) is 5.76. The highest BCUT2D eigenvalue weighted by atomic mass is 16.1. The van der Waals surface area contributed by atoms with Gasteiger partial charge in [-0.15, -0.1) is 0 Å². The topological polar surface area (TPSA) is 58.4 Å². The summed E-state index contributed by atoms with van der Waals surface area (Å²) in [7, 11) is 6.00. The lowest BCUT2D eigenvalue weighted by molar-refractivity contribution is -0.117. The summed E-state index contributed by atoms with van der Waals surface area (Å²) in [6.45, 7) is 6.42. The molecule has 0 heterocycles. The summed E-state index contributed by atoms with van der Waals surface area (Å²) in [4.78, 5) is 12.8. The van der Waals surface area contributed by atoms with Gasteiger partial charge in [0.05, 0.1) is 0 Å². The molecule has 0 saturated heterocycles. The monoisotopic (exact) mass is 201 g/mol. The molecule has 0 radical (unpaired) electrons. The van der Waals surface area contributed by atoms with Crippen molar-refractivity contribution in [1.29, 1.82) is 0 Å². The van der Waals surface area contributed by atoms with Gasteiger partial charge in [0, 0.05) is 12.1 Å². The van der Waals surface area contributed by atoms with Crippen LogP contribution in [0.25, 0.3) is 0 Å². The zero-order chi connectivity index (χ0) is 11.6. The first kappa shape index (κ1) is 15.6. The molecule has 0 aromatic rings. The molecular formula is C10H23N3O. The van der Waals surface area contributed by atoms with Crippen molar-refractivity contribution >= 4 is 5.91 Å². The van der Waals surface area contributed by atoms with Crippen molar-refractivity contribution in [3.63, 3.8) is 0 Å². The van der Waals surface area contributed by atoms with Crippen LogP contribution < -0.4 is 11.1 Å². The van der Waals surface area contributed by atoms with Crippen LogP contribution in [-0.2, 0) is 4.79 Å². The number of nitrogens with one attached hydrogen (secondary N) is 1. The molecule has 4 nitrogen and oxygen atoms in total. The fourth-order valence-electron chi connectivity index (χ4n) is 0.455. The Bertz CT molecular complexity index is 164. The molecule has 0 aliphatic heterocycles. The van der Waals surface area contributed by atoms with Crippen molar-refractivity contribution in [3.8, 4) is 0 Å². The van der Waals surface area contributed by atoms with Gasteiger partial charge in [-0.2, -0.15) is 0 Å². The molecule has 4 heteroatoms. The second-order valence-electron chi connectivity index (χ2n) is 3.52. The van der Waals surface area contributed by atoms with Crippen LogP contribution in [0.15, 0.2) is 12.2 Å². The van der Waals surface area contributed by atoms with Gasteiger partial charge in [-0.25, -0.2) is 0 Å². The summed E-state index contributed by atoms with van der Waals surface area (Å²) >= 11 is 0. The lowest BCUT2D eigenvalue weighted by Crippen LogP contribution is -2.26. The molecule has 1 amide bonds. The van der Waals surface area contributed by atoms with E-state index >= 15 is 0 Å². The van der Waals surface area contributed by atoms with Gasteiger partial charge < -0.3 is 16.0 Å². The van der Waals surface area contributed by atoms with Crippen LogP contribution in [0.1, 0.15) is 13.3 Å². The molecule has 14 heavy (non-hydrogen) atoms. The Balaban J connectivity index is 0. The normalized spacial score (nSPS) is 9.00. The summed E-state index contributed by atoms with van der Waals surface area (Å²) in [5, 5.41) is 2.66. The maximum absolute atomic E-state index is 10.8. The molecule has 0 fully saturated rings. The molecule has 0 unspecified atom stereocenters. The summed E-state index contributed by atoms with van der Waals surface area (Å²) in [6.07, 6.45) is 0.818. The van der Waals surface area contributed by atoms with Gasteiger partial charge >= 0.3 is 0 Å². The number of nitrogens with two attached hydrogens (primary N) is 1. The largest absolute Gasteiger partial charge is 0.352 e. The molecular weight excluding hydrogens is 178 g/mol. The molecule has 0 saturated carbocycles. The van der Waals surface area contributed by atoms with Gasteiger partial charge in [-0.3, -0.25) is 4.79 Å². The molecule has 3 N–H and O–H groups in total. The van der Waals surface area contributed by atoms with E-state index in [0.29, 0.717) is 18.7 Å². The smallest absolute Gasteiger partial charge is 0.246 e. The average Bonchev–Trinajstić information content (AvgIpc) is 2.03. The van der Waals surface area contributed by atoms with Crippen LogP contribution in [0.5, 0.6) is 0 Å². The Morgan fingerprint density at radius 2 is 1.86 bits per heavy atom. The third-order valence-corrected chi connectivity index (χ3v) is 1.05. The second kappa shape index (κ2) is 10.2. The van der Waals surface area contributed by atoms with Gasteiger partial charge in [0.2, 0.25) is 5.91 Å². The minimum absolute atomic E-state index is 0.0894. The zero-order valence-electron chi connectivity index (χ0n) is 9.76. The van der Waals surface area contributed by atoms with E-state index in [-0.39, 0.29) is 5.91 Å². The average molecular weight is 201 g/mol. The summed E-state index contributed by atoms with van der Waals surface area (Å²) < 4.78 is 0. The van der Waals surface area contributed by atoms with E-state index in [2.05, 4.69) is 11.9 Å². The fourth-order valence-corrected chi connectivity index (χ4v) is 0.455. The summed E-state index contributed by atoms with van der Waals surface area (Å²) in [5.74, 6) is -0.0894. The Kier molecular flexibility index (Phi) is 11.4. The van der Waals surface area contributed by atoms with Crippen molar-refractivity contribution in [2.75, 3.05) is 34.2 Å². The minimum Gasteiger partial charge on any atom is -0.352 e. The zero-order valence-corrected chi connectivity index (χ0v) is 9.76. The second-order valence-corrected chi connectivity index (χ2v) is 3.52. The first-order valence-corrected chi connectivity index (χ1v) is 4.66. The Labute approximate surface area is 87.2 Å². The lowest BCUT2D eigenvalue weighted by Gasteiger charge is -2.01. The lowest BCUT2D eigenvalue weighted by atomic mass is 10.3. The van der Waals surface area contributed by atoms with E-state index in [4.69, 9.17) is 5.73 Å². The molecule has 84 valence electrons. The molecule has 0 bridgehead atoms. The van der Waals surface area contributed by atoms with Crippen LogP contribution in [0.3, 0.4) is 0 Å². The fraction of sp³-hybridized carbons (Fsp3) is 0.700. The van der Waals surface area contributed by atoms with Crippen molar-refractivity contribution < 1.29 is 4.79 Å². The highest BCUT2D eigenvalue weighted by Crippen LogP contribution is 1.84. The molecule has 0 aromatic heterocycles. The van der Waals surface area contributed by atoms with Crippen LogP contribution in [0, 0.1) is 0 Å². The summed E-state index contributed by atoms with van der Waals surface area (Å²) in [6, 6.07) is 0. The van der Waals surface area contributed by atoms with Crippen LogP contribution >= 0.6 is 0 Å². The van der Waals surface area contributed by atoms with Crippen LogP contribution in [0.2, 0.25) is 0 Å². The van der Waals surface area contributed by atoms with Gasteiger partial charge in [0.25, 0.3) is 0 Å². The van der Waals surface area contributed by atoms with E-state index in [1.807, 2.05) is 26.0 Å². The number of rotatable bonds is 4. The third-order valence-electron chi connectivity index (χ3n) is 1.05. The quantitative estimate of drug-likeness (QED) is 0.505. The number of hydrogen-bond acceptors (Lipinski definition) is 3. The predicted octanol–water partition coefficient (Wildman–Crippen LogP) is 0.205. The Hall–Kier alpha value is -0.870. The van der Waals surface area contributed by atoms with Gasteiger partial charge in [-0.05, 0) is 41.0 Å². The SMILES string of the molecule is C=C(C)C(=O)NCCCN.CN(C)C. The first-order chi connectivity index (χ1) is 6.41. The third kappa shape index (κ3) is 17.3. The molecule has 0 aromatic carbocycles. The predicted molar refractivity (Wildman–Crippen MR) is 61.1 cm³/mol. The maximum atomic E-state index is 10.8. The van der Waals surface area contributed by atoms with E-state index in [1.54, 1.807) is 6.92 Å². The standard InChI is InChI=1S/C7H14N2O.C3H9N/c1-6(2)7(10)9-5-3-4-8;1-4(2)3/h1,3-5,8H2,2H3,(H,9,10);1-3H3. The Morgan fingerprint density at radius 1 is 1.43 bits per heavy atom. The van der Waals surface area contributed by atoms with Crippen molar-refractivity contribution in [2.45, 2.75) is 13.3 Å². The van der Waals surface area contributed by atoms with Gasteiger partial charge in [0.1, 0.15) is 0 Å². The van der Waals surface area contributed by atoms with Crippen LogP contribution in [0.4, 0.5) is 0 Å². The number of carbonyl (C=O) groups is 1. The maximum Gasteiger partial charge on any atom is 0.246 e. The van der Waals surface area contributed by atoms with E-state index < -0.39 is 0 Å². The van der Waals surface area contributed by atoms with Crippen molar-refractivity contribution in [2.24, 2.45) is 5.73 Å². The number of carbonyl (C=O) groups excluding carboxylic acids is 1. The van der Waals surface area contributed by atoms with Crippen LogP contribution in [-0.4, -0.2) is 45.0 Å². The molecule has 0 spiro atoms. The number of nitrogens with zero attached hydrogens (tertiary/aromatic N) is 1. The molecule has 0 rings (SSSR count). The number of amides is 1. The molecule has 0 aliphatic carbocycles. The highest BCUT2D eigenvalue weighted by molar-refractivity contribution is 5.91. The molecule has 0 aliphatic rings.